The summed E-state index contributed by atoms with van der Waals surface area (Å²) in [6.45, 7) is 4.99. The minimum atomic E-state index is -0.748. The Morgan fingerprint density at radius 3 is 2.58 bits per heavy atom. The fourth-order valence-electron chi connectivity index (χ4n) is 3.47. The predicted molar refractivity (Wildman–Crippen MR) is 114 cm³/mol. The highest BCUT2D eigenvalue weighted by atomic mass is 16.6. The minimum absolute atomic E-state index is 0.0383. The van der Waals surface area contributed by atoms with Gasteiger partial charge in [-0.1, -0.05) is 23.8 Å². The molecule has 1 aliphatic rings. The second kappa shape index (κ2) is 8.95. The number of esters is 1. The first-order chi connectivity index (χ1) is 14.7. The fraction of sp³-hybridized carbons (Fsp3) is 0.318. The van der Waals surface area contributed by atoms with E-state index in [2.05, 4.69) is 5.32 Å². The summed E-state index contributed by atoms with van der Waals surface area (Å²) in [5.41, 5.74) is 3.32. The SMILES string of the molecule is Cc1ccc(NC(=O)COC(=O)[C@H]2CC(=O)N(c3ccc(C)c([N+](=O)[O-])c3)C2)c(C)c1. The van der Waals surface area contributed by atoms with Crippen LogP contribution in [0.3, 0.4) is 0 Å². The summed E-state index contributed by atoms with van der Waals surface area (Å²) < 4.78 is 5.10. The molecule has 1 aliphatic heterocycles. The van der Waals surface area contributed by atoms with Crippen molar-refractivity contribution < 1.29 is 24.0 Å². The maximum atomic E-state index is 12.4. The lowest BCUT2D eigenvalue weighted by Gasteiger charge is -2.17. The first-order valence-electron chi connectivity index (χ1n) is 9.75. The molecule has 1 fully saturated rings. The molecule has 9 heteroatoms. The van der Waals surface area contributed by atoms with Crippen molar-refractivity contribution in [2.45, 2.75) is 27.2 Å². The van der Waals surface area contributed by atoms with Crippen LogP contribution in [0.15, 0.2) is 36.4 Å². The molecule has 31 heavy (non-hydrogen) atoms. The molecule has 2 aromatic carbocycles. The lowest BCUT2D eigenvalue weighted by Crippen LogP contribution is -2.28. The van der Waals surface area contributed by atoms with Gasteiger partial charge in [-0.2, -0.15) is 0 Å². The fourth-order valence-corrected chi connectivity index (χ4v) is 3.47. The van der Waals surface area contributed by atoms with E-state index in [1.165, 1.54) is 11.0 Å². The maximum absolute atomic E-state index is 12.4. The van der Waals surface area contributed by atoms with Gasteiger partial charge in [0.2, 0.25) is 5.91 Å². The Kier molecular flexibility index (Phi) is 6.33. The highest BCUT2D eigenvalue weighted by molar-refractivity contribution is 6.00. The molecule has 0 bridgehead atoms. The summed E-state index contributed by atoms with van der Waals surface area (Å²) in [6, 6.07) is 10.0. The van der Waals surface area contributed by atoms with Gasteiger partial charge in [0.15, 0.2) is 6.61 Å². The van der Waals surface area contributed by atoms with Crippen molar-refractivity contribution in [1.29, 1.82) is 0 Å². The number of amides is 2. The molecule has 162 valence electrons. The molecule has 0 spiro atoms. The third kappa shape index (κ3) is 5.06. The number of carbonyl (C=O) groups excluding carboxylic acids is 3. The highest BCUT2D eigenvalue weighted by Crippen LogP contribution is 2.30. The normalized spacial score (nSPS) is 15.6. The van der Waals surface area contributed by atoms with E-state index in [-0.39, 0.29) is 24.6 Å². The average molecular weight is 425 g/mol. The molecule has 1 heterocycles. The number of hydrogen-bond donors (Lipinski definition) is 1. The zero-order chi connectivity index (χ0) is 22.7. The van der Waals surface area contributed by atoms with Crippen molar-refractivity contribution in [3.63, 3.8) is 0 Å². The summed E-state index contributed by atoms with van der Waals surface area (Å²) in [5, 5.41) is 13.8. The number of rotatable bonds is 6. The first-order valence-corrected chi connectivity index (χ1v) is 9.75. The van der Waals surface area contributed by atoms with Gasteiger partial charge in [0, 0.05) is 30.3 Å². The Labute approximate surface area is 179 Å². The van der Waals surface area contributed by atoms with Crippen LogP contribution in [0, 0.1) is 36.8 Å². The van der Waals surface area contributed by atoms with Crippen LogP contribution in [0.1, 0.15) is 23.1 Å². The van der Waals surface area contributed by atoms with Crippen molar-refractivity contribution in [2.75, 3.05) is 23.4 Å². The van der Waals surface area contributed by atoms with Crippen molar-refractivity contribution in [3.05, 3.63) is 63.2 Å². The number of nitrogens with zero attached hydrogens (tertiary/aromatic N) is 2. The standard InChI is InChI=1S/C22H23N3O6/c1-13-4-7-18(15(3)8-13)23-20(26)12-31-22(28)16-9-21(27)24(11-16)17-6-5-14(2)19(10-17)25(29)30/h4-8,10,16H,9,11-12H2,1-3H3,(H,23,26)/t16-/m0/s1. The summed E-state index contributed by atoms with van der Waals surface area (Å²) in [5.74, 6) is -2.22. The third-order valence-corrected chi connectivity index (χ3v) is 5.16. The van der Waals surface area contributed by atoms with Gasteiger partial charge in [-0.3, -0.25) is 24.5 Å². The van der Waals surface area contributed by atoms with Gasteiger partial charge in [-0.25, -0.2) is 0 Å². The number of anilines is 2. The minimum Gasteiger partial charge on any atom is -0.455 e. The molecule has 1 atom stereocenters. The molecular weight excluding hydrogens is 402 g/mol. The number of nitro benzene ring substituents is 1. The number of aryl methyl sites for hydroxylation is 3. The molecule has 1 N–H and O–H groups in total. The van der Waals surface area contributed by atoms with E-state index >= 15 is 0 Å². The van der Waals surface area contributed by atoms with Crippen molar-refractivity contribution in [2.24, 2.45) is 5.92 Å². The second-order valence-electron chi connectivity index (χ2n) is 7.61. The van der Waals surface area contributed by atoms with Crippen LogP contribution in [0.2, 0.25) is 0 Å². The average Bonchev–Trinajstić information content (AvgIpc) is 3.10. The van der Waals surface area contributed by atoms with E-state index in [4.69, 9.17) is 4.74 Å². The molecule has 0 aliphatic carbocycles. The van der Waals surface area contributed by atoms with Gasteiger partial charge in [-0.05, 0) is 38.5 Å². The molecule has 2 aromatic rings. The largest absolute Gasteiger partial charge is 0.455 e. The van der Waals surface area contributed by atoms with Gasteiger partial charge >= 0.3 is 5.97 Å². The highest BCUT2D eigenvalue weighted by Gasteiger charge is 2.37. The Bertz CT molecular complexity index is 1070. The van der Waals surface area contributed by atoms with E-state index in [1.807, 2.05) is 26.0 Å². The van der Waals surface area contributed by atoms with E-state index in [9.17, 15) is 24.5 Å². The molecule has 0 unspecified atom stereocenters. The molecule has 1 saturated heterocycles. The predicted octanol–water partition coefficient (Wildman–Crippen LogP) is 3.05. The zero-order valence-corrected chi connectivity index (χ0v) is 17.5. The van der Waals surface area contributed by atoms with Crippen LogP contribution in [0.25, 0.3) is 0 Å². The number of ether oxygens (including phenoxy) is 1. The van der Waals surface area contributed by atoms with Gasteiger partial charge in [-0.15, -0.1) is 0 Å². The molecule has 9 nitrogen and oxygen atoms in total. The number of benzene rings is 2. The Morgan fingerprint density at radius 1 is 1.16 bits per heavy atom. The lowest BCUT2D eigenvalue weighted by atomic mass is 10.1. The van der Waals surface area contributed by atoms with Crippen molar-refractivity contribution in [3.8, 4) is 0 Å². The van der Waals surface area contributed by atoms with Crippen LogP contribution in [0.4, 0.5) is 17.1 Å². The third-order valence-electron chi connectivity index (χ3n) is 5.16. The number of hydrogen-bond acceptors (Lipinski definition) is 6. The van der Waals surface area contributed by atoms with E-state index in [0.29, 0.717) is 16.9 Å². The number of carbonyl (C=O) groups is 3. The summed E-state index contributed by atoms with van der Waals surface area (Å²) in [4.78, 5) is 48.8. The smallest absolute Gasteiger partial charge is 0.311 e. The monoisotopic (exact) mass is 425 g/mol. The maximum Gasteiger partial charge on any atom is 0.311 e. The number of nitro groups is 1. The first kappa shape index (κ1) is 21.9. The van der Waals surface area contributed by atoms with Crippen LogP contribution in [0.5, 0.6) is 0 Å². The molecular formula is C22H23N3O6. The molecule has 0 radical (unpaired) electrons. The Balaban J connectivity index is 1.58. The van der Waals surface area contributed by atoms with Crippen LogP contribution in [-0.2, 0) is 19.1 Å². The van der Waals surface area contributed by atoms with Gasteiger partial charge in [0.05, 0.1) is 16.5 Å². The van der Waals surface area contributed by atoms with E-state index < -0.39 is 29.3 Å². The summed E-state index contributed by atoms with van der Waals surface area (Å²) in [6.07, 6.45) is -0.0841. The topological polar surface area (TPSA) is 119 Å². The van der Waals surface area contributed by atoms with E-state index in [1.54, 1.807) is 25.1 Å². The van der Waals surface area contributed by atoms with E-state index in [0.717, 1.165) is 11.1 Å². The van der Waals surface area contributed by atoms with Crippen LogP contribution < -0.4 is 10.2 Å². The van der Waals surface area contributed by atoms with Gasteiger partial charge in [0.25, 0.3) is 11.6 Å². The molecule has 0 aromatic heterocycles. The summed E-state index contributed by atoms with van der Waals surface area (Å²) >= 11 is 0. The Morgan fingerprint density at radius 2 is 1.90 bits per heavy atom. The quantitative estimate of drug-likeness (QED) is 0.432. The Hall–Kier alpha value is -3.75. The van der Waals surface area contributed by atoms with Crippen LogP contribution >= 0.6 is 0 Å². The molecule has 2 amide bonds. The van der Waals surface area contributed by atoms with Crippen molar-refractivity contribution in [1.82, 2.24) is 0 Å². The molecule has 0 saturated carbocycles. The lowest BCUT2D eigenvalue weighted by molar-refractivity contribution is -0.385. The van der Waals surface area contributed by atoms with Crippen LogP contribution in [-0.4, -0.2) is 35.9 Å². The van der Waals surface area contributed by atoms with Gasteiger partial charge < -0.3 is 15.0 Å². The zero-order valence-electron chi connectivity index (χ0n) is 17.5. The second-order valence-corrected chi connectivity index (χ2v) is 7.61. The number of nitrogens with one attached hydrogen (secondary N) is 1. The van der Waals surface area contributed by atoms with Gasteiger partial charge in [0.1, 0.15) is 0 Å². The summed E-state index contributed by atoms with van der Waals surface area (Å²) in [7, 11) is 0. The molecule has 3 rings (SSSR count). The van der Waals surface area contributed by atoms with Crippen molar-refractivity contribution >= 4 is 34.8 Å².